The predicted octanol–water partition coefficient (Wildman–Crippen LogP) is 2.30. The number of carboxylic acid groups (broad SMARTS) is 1. The lowest BCUT2D eigenvalue weighted by molar-refractivity contribution is -0.132. The molecule has 0 bridgehead atoms. The molecule has 7 heteroatoms. The van der Waals surface area contributed by atoms with Crippen LogP contribution in [0.25, 0.3) is 0 Å². The van der Waals surface area contributed by atoms with E-state index in [1.165, 1.54) is 16.5 Å². The van der Waals surface area contributed by atoms with E-state index in [0.29, 0.717) is 24.4 Å². The molecule has 0 fully saturated rings. The highest BCUT2D eigenvalue weighted by Gasteiger charge is 2.17. The van der Waals surface area contributed by atoms with E-state index in [2.05, 4.69) is 5.32 Å². The van der Waals surface area contributed by atoms with Crippen LogP contribution < -0.4 is 5.32 Å². The lowest BCUT2D eigenvalue weighted by atomic mass is 10.1. The average molecular weight is 372 g/mol. The molecule has 2 amide bonds. The molecule has 1 heterocycles. The van der Waals surface area contributed by atoms with Crippen LogP contribution in [-0.4, -0.2) is 41.4 Å². The van der Waals surface area contributed by atoms with E-state index in [1.807, 2.05) is 31.2 Å². The summed E-state index contributed by atoms with van der Waals surface area (Å²) >= 11 is 0. The van der Waals surface area contributed by atoms with Gasteiger partial charge in [-0.3, -0.25) is 9.59 Å². The monoisotopic (exact) mass is 372 g/mol. The number of carbonyl (C=O) groups is 3. The van der Waals surface area contributed by atoms with Gasteiger partial charge < -0.3 is 19.7 Å². The number of hydrogen-bond acceptors (Lipinski definition) is 4. The van der Waals surface area contributed by atoms with Gasteiger partial charge in [-0.2, -0.15) is 0 Å². The average Bonchev–Trinajstić information content (AvgIpc) is 2.99. The molecule has 2 rings (SSSR count). The van der Waals surface area contributed by atoms with Crippen molar-refractivity contribution in [3.05, 3.63) is 58.5 Å². The molecular formula is C20H24N2O5. The first-order chi connectivity index (χ1) is 12.8. The van der Waals surface area contributed by atoms with Gasteiger partial charge in [0.15, 0.2) is 0 Å². The number of furan rings is 1. The van der Waals surface area contributed by atoms with E-state index in [-0.39, 0.29) is 30.5 Å². The first-order valence-electron chi connectivity index (χ1n) is 8.65. The van der Waals surface area contributed by atoms with Crippen molar-refractivity contribution in [2.24, 2.45) is 0 Å². The number of aromatic carboxylic acids is 1. The maximum atomic E-state index is 12.1. The van der Waals surface area contributed by atoms with Crippen LogP contribution in [0.2, 0.25) is 0 Å². The highest BCUT2D eigenvalue weighted by Crippen LogP contribution is 2.16. The number of nitrogens with one attached hydrogen (secondary N) is 1. The van der Waals surface area contributed by atoms with E-state index in [1.54, 1.807) is 14.0 Å². The van der Waals surface area contributed by atoms with Crippen molar-refractivity contribution in [1.29, 1.82) is 0 Å². The second-order valence-corrected chi connectivity index (χ2v) is 6.50. The molecule has 0 aliphatic rings. The Hall–Kier alpha value is -3.09. The number of benzene rings is 1. The molecular weight excluding hydrogens is 348 g/mol. The molecule has 0 radical (unpaired) electrons. The first kappa shape index (κ1) is 20.2. The topological polar surface area (TPSA) is 99.9 Å². The summed E-state index contributed by atoms with van der Waals surface area (Å²) < 4.78 is 5.36. The number of nitrogens with zero attached hydrogens (tertiary/aromatic N) is 1. The minimum atomic E-state index is -1.07. The fourth-order valence-corrected chi connectivity index (χ4v) is 2.57. The van der Waals surface area contributed by atoms with Crippen molar-refractivity contribution < 1.29 is 23.9 Å². The summed E-state index contributed by atoms with van der Waals surface area (Å²) in [5.74, 6) is -0.879. The summed E-state index contributed by atoms with van der Waals surface area (Å²) in [6, 6.07) is 9.37. The molecule has 144 valence electrons. The van der Waals surface area contributed by atoms with Crippen molar-refractivity contribution >= 4 is 17.8 Å². The van der Waals surface area contributed by atoms with Crippen molar-refractivity contribution in [3.8, 4) is 0 Å². The van der Waals surface area contributed by atoms with Gasteiger partial charge in [0.25, 0.3) is 0 Å². The van der Waals surface area contributed by atoms with Crippen LogP contribution in [0, 0.1) is 13.8 Å². The second-order valence-electron chi connectivity index (χ2n) is 6.50. The van der Waals surface area contributed by atoms with Gasteiger partial charge in [-0.05, 0) is 31.9 Å². The lowest BCUT2D eigenvalue weighted by Crippen LogP contribution is -2.37. The Bertz CT molecular complexity index is 823. The number of likely N-dealkylation sites (N-methyl/N-ethyl adjacent to an activating group) is 1. The van der Waals surface area contributed by atoms with E-state index < -0.39 is 5.97 Å². The Morgan fingerprint density at radius 1 is 1.15 bits per heavy atom. The first-order valence-corrected chi connectivity index (χ1v) is 8.65. The van der Waals surface area contributed by atoms with Crippen LogP contribution in [0.3, 0.4) is 0 Å². The Labute approximate surface area is 158 Å². The van der Waals surface area contributed by atoms with E-state index in [9.17, 15) is 14.4 Å². The maximum absolute atomic E-state index is 12.1. The quantitative estimate of drug-likeness (QED) is 0.741. The van der Waals surface area contributed by atoms with Crippen LogP contribution >= 0.6 is 0 Å². The molecule has 0 aliphatic heterocycles. The van der Waals surface area contributed by atoms with Crippen LogP contribution in [0.5, 0.6) is 0 Å². The molecule has 0 aliphatic carbocycles. The molecule has 0 saturated heterocycles. The zero-order valence-corrected chi connectivity index (χ0v) is 15.7. The van der Waals surface area contributed by atoms with Gasteiger partial charge >= 0.3 is 5.97 Å². The number of hydrogen-bond donors (Lipinski definition) is 2. The molecule has 2 aromatic rings. The second kappa shape index (κ2) is 9.02. The van der Waals surface area contributed by atoms with Crippen molar-refractivity contribution in [3.63, 3.8) is 0 Å². The number of carbonyl (C=O) groups excluding carboxylic acids is 2. The van der Waals surface area contributed by atoms with Gasteiger partial charge in [-0.25, -0.2) is 4.79 Å². The number of aryl methyl sites for hydroxylation is 3. The molecule has 0 unspecified atom stereocenters. The lowest BCUT2D eigenvalue weighted by Gasteiger charge is -2.16. The number of rotatable bonds is 8. The molecule has 0 atom stereocenters. The van der Waals surface area contributed by atoms with Crippen LogP contribution in [0.4, 0.5) is 0 Å². The van der Waals surface area contributed by atoms with Crippen molar-refractivity contribution in [2.45, 2.75) is 33.2 Å². The van der Waals surface area contributed by atoms with Gasteiger partial charge in [0, 0.05) is 13.5 Å². The largest absolute Gasteiger partial charge is 0.478 e. The van der Waals surface area contributed by atoms with Crippen molar-refractivity contribution in [2.75, 3.05) is 13.6 Å². The Morgan fingerprint density at radius 2 is 1.81 bits per heavy atom. The highest BCUT2D eigenvalue weighted by atomic mass is 16.4. The molecule has 1 aromatic heterocycles. The summed E-state index contributed by atoms with van der Waals surface area (Å²) in [7, 11) is 1.57. The zero-order valence-electron chi connectivity index (χ0n) is 15.7. The van der Waals surface area contributed by atoms with Gasteiger partial charge in [0.1, 0.15) is 17.1 Å². The molecule has 2 N–H and O–H groups in total. The van der Waals surface area contributed by atoms with E-state index in [4.69, 9.17) is 9.52 Å². The van der Waals surface area contributed by atoms with E-state index >= 15 is 0 Å². The Balaban J connectivity index is 1.77. The van der Waals surface area contributed by atoms with Crippen molar-refractivity contribution in [1.82, 2.24) is 10.2 Å². The standard InChI is InChI=1S/C20H24N2O5/c1-13-4-6-15(7-5-13)8-9-18(23)21-11-19(24)22(3)12-16-10-17(20(25)26)14(2)27-16/h4-7,10H,8-9,11-12H2,1-3H3,(H,21,23)(H,25,26). The van der Waals surface area contributed by atoms with Gasteiger partial charge in [-0.15, -0.1) is 0 Å². The SMILES string of the molecule is Cc1ccc(CCC(=O)NCC(=O)N(C)Cc2cc(C(=O)O)c(C)o2)cc1. The third-order valence-electron chi connectivity index (χ3n) is 4.22. The van der Waals surface area contributed by atoms with Crippen LogP contribution in [0.15, 0.2) is 34.7 Å². The third-order valence-corrected chi connectivity index (χ3v) is 4.22. The maximum Gasteiger partial charge on any atom is 0.339 e. The predicted molar refractivity (Wildman–Crippen MR) is 99.4 cm³/mol. The minimum Gasteiger partial charge on any atom is -0.478 e. The molecule has 7 nitrogen and oxygen atoms in total. The van der Waals surface area contributed by atoms with Crippen LogP contribution in [-0.2, 0) is 22.6 Å². The summed E-state index contributed by atoms with van der Waals surface area (Å²) in [5.41, 5.74) is 2.32. The molecule has 1 aromatic carbocycles. The fraction of sp³-hybridized carbons (Fsp3) is 0.350. The summed E-state index contributed by atoms with van der Waals surface area (Å²) in [4.78, 5) is 36.5. The smallest absolute Gasteiger partial charge is 0.339 e. The fourth-order valence-electron chi connectivity index (χ4n) is 2.57. The molecule has 0 spiro atoms. The zero-order chi connectivity index (χ0) is 20.0. The highest BCUT2D eigenvalue weighted by molar-refractivity contribution is 5.89. The summed E-state index contributed by atoms with van der Waals surface area (Å²) in [6.45, 7) is 3.58. The normalized spacial score (nSPS) is 10.5. The van der Waals surface area contributed by atoms with E-state index in [0.717, 1.165) is 5.56 Å². The summed E-state index contributed by atoms with van der Waals surface area (Å²) in [6.07, 6.45) is 0.916. The Kier molecular flexibility index (Phi) is 6.76. The van der Waals surface area contributed by atoms with Gasteiger partial charge in [-0.1, -0.05) is 29.8 Å². The number of carboxylic acids is 1. The van der Waals surface area contributed by atoms with Gasteiger partial charge in [0.05, 0.1) is 13.1 Å². The summed E-state index contributed by atoms with van der Waals surface area (Å²) in [5, 5.41) is 11.6. The van der Waals surface area contributed by atoms with Crippen LogP contribution in [0.1, 0.15) is 39.4 Å². The van der Waals surface area contributed by atoms with Gasteiger partial charge in [0.2, 0.25) is 11.8 Å². The number of amides is 2. The minimum absolute atomic E-state index is 0.0789. The molecule has 27 heavy (non-hydrogen) atoms. The third kappa shape index (κ3) is 5.99. The molecule has 0 saturated carbocycles. The Morgan fingerprint density at radius 3 is 2.41 bits per heavy atom.